The Morgan fingerprint density at radius 3 is 1.71 bits per heavy atom. The third-order valence-electron chi connectivity index (χ3n) is 3.31. The molecule has 1 rings (SSSR count). The van der Waals surface area contributed by atoms with Gasteiger partial charge in [0.1, 0.15) is 0 Å². The number of pyridine rings is 1. The van der Waals surface area contributed by atoms with E-state index in [1.807, 2.05) is 0 Å². The quantitative estimate of drug-likeness (QED) is 0.579. The van der Waals surface area contributed by atoms with E-state index in [9.17, 15) is 13.2 Å². The molecular weight excluding hydrogens is 297 g/mol. The Labute approximate surface area is 153 Å². The fourth-order valence-corrected chi connectivity index (χ4v) is 2.00. The van der Waals surface area contributed by atoms with Gasteiger partial charge in [-0.1, -0.05) is 6.92 Å². The first-order valence-electron chi connectivity index (χ1n) is 7.23. The molecular formula is C8H8B12F3N. The van der Waals surface area contributed by atoms with Gasteiger partial charge in [-0.3, -0.25) is 4.98 Å². The third-order valence-corrected chi connectivity index (χ3v) is 3.31. The Morgan fingerprint density at radius 2 is 1.46 bits per heavy atom. The van der Waals surface area contributed by atoms with Crippen LogP contribution in [0.5, 0.6) is 0 Å². The molecule has 0 bridgehead atoms. The van der Waals surface area contributed by atoms with E-state index < -0.39 is 43.7 Å². The molecule has 102 valence electrons. The molecule has 0 atom stereocenters. The molecule has 1 nitrogen and oxygen atoms in total. The van der Waals surface area contributed by atoms with Crippen LogP contribution < -0.4 is 0 Å². The molecule has 1 aromatic rings. The Bertz CT molecular complexity index is 476. The van der Waals surface area contributed by atoms with Crippen molar-refractivity contribution in [1.29, 1.82) is 0 Å². The summed E-state index contributed by atoms with van der Waals surface area (Å²) >= 11 is 0. The predicted octanol–water partition coefficient (Wildman–Crippen LogP) is -1.91. The maximum absolute atomic E-state index is 12.2. The highest BCUT2D eigenvalue weighted by Crippen LogP contribution is 2.30. The molecule has 1 aromatic heterocycles. The summed E-state index contributed by atoms with van der Waals surface area (Å²) in [6, 6.07) is 2.34. The van der Waals surface area contributed by atoms with Crippen LogP contribution in [0.15, 0.2) is 18.3 Å². The minimum Gasteiger partial charge on any atom is -0.261 e. The molecule has 1 heterocycles. The second-order valence-corrected chi connectivity index (χ2v) is 5.24. The molecule has 0 spiro atoms. The molecule has 0 saturated heterocycles. The molecule has 0 aliphatic heterocycles. The number of alkyl halides is 3. The van der Waals surface area contributed by atoms with Gasteiger partial charge < -0.3 is 0 Å². The Hall–Kier alpha value is -0.281. The van der Waals surface area contributed by atoms with E-state index in [1.54, 1.807) is 6.92 Å². The molecule has 0 aromatic carbocycles. The van der Waals surface area contributed by atoms with E-state index in [2.05, 4.69) is 4.98 Å². The van der Waals surface area contributed by atoms with E-state index in [-0.39, 0.29) is 5.69 Å². The topological polar surface area (TPSA) is 12.9 Å². The lowest BCUT2D eigenvalue weighted by atomic mass is 8.53. The number of rotatable bonds is 5. The van der Waals surface area contributed by atoms with Crippen molar-refractivity contribution < 1.29 is 13.2 Å². The zero-order valence-electron chi connectivity index (χ0n) is 13.4. The van der Waals surface area contributed by atoms with E-state index in [1.165, 1.54) is 12.3 Å². The summed E-state index contributed by atoms with van der Waals surface area (Å²) in [7, 11) is 37.9. The average molecular weight is 305 g/mol. The summed E-state index contributed by atoms with van der Waals surface area (Å²) < 4.78 is 36.6. The summed E-state index contributed by atoms with van der Waals surface area (Å²) in [5.41, 5.74) is -0.530. The highest BCUT2D eigenvalue weighted by atomic mass is 19.4. The van der Waals surface area contributed by atoms with E-state index in [0.717, 1.165) is 6.07 Å². The average Bonchev–Trinajstić information content (AvgIpc) is 2.46. The molecule has 0 amide bonds. The van der Waals surface area contributed by atoms with Crippen LogP contribution in [0.25, 0.3) is 0 Å². The summed E-state index contributed by atoms with van der Waals surface area (Å²) in [4.78, 5) is 3.64. The maximum Gasteiger partial charge on any atom is 0.418 e. The zero-order valence-corrected chi connectivity index (χ0v) is 13.4. The van der Waals surface area contributed by atoms with Crippen LogP contribution >= 0.6 is 0 Å². The Balaban J connectivity index is 0.000000441. The minimum atomic E-state index is -4.28. The van der Waals surface area contributed by atoms with Gasteiger partial charge in [-0.15, -0.1) is 0 Å². The highest BCUT2D eigenvalue weighted by Gasteiger charge is 2.33. The van der Waals surface area contributed by atoms with Gasteiger partial charge in [-0.2, -0.15) is 13.2 Å². The fourth-order valence-electron chi connectivity index (χ4n) is 2.00. The largest absolute Gasteiger partial charge is 0.418 e. The molecule has 0 fully saturated rings. The Morgan fingerprint density at radius 1 is 0.958 bits per heavy atom. The molecule has 0 saturated carbocycles. The molecule has 0 N–H and O–H groups in total. The molecule has 0 aliphatic rings. The monoisotopic (exact) mass is 307 g/mol. The number of aryl methyl sites for hydroxylation is 1. The summed E-state index contributed by atoms with van der Waals surface area (Å²) in [5, 5.41) is 0. The van der Waals surface area contributed by atoms with Crippen molar-refractivity contribution in [2.24, 2.45) is 0 Å². The van der Waals surface area contributed by atoms with Crippen molar-refractivity contribution in [1.82, 2.24) is 4.98 Å². The molecule has 16 heteroatoms. The SMILES string of the molecule is CCc1ncccc1C(F)(F)F.[B]B([B])B([B])B(B([B])[B])B([B])[B]. The van der Waals surface area contributed by atoms with Crippen molar-refractivity contribution in [2.75, 3.05) is 0 Å². The molecule has 14 radical (unpaired) electrons. The van der Waals surface area contributed by atoms with Crippen molar-refractivity contribution in [2.45, 2.75) is 19.5 Å². The van der Waals surface area contributed by atoms with Crippen LogP contribution in [0.2, 0.25) is 0 Å². The smallest absolute Gasteiger partial charge is 0.261 e. The summed E-state index contributed by atoms with van der Waals surface area (Å²) in [6.07, 6.45) is -5.83. The first-order chi connectivity index (χ1) is 10.9. The lowest BCUT2D eigenvalue weighted by Gasteiger charge is -2.29. The van der Waals surface area contributed by atoms with Gasteiger partial charge in [0.25, 0.3) is 0 Å². The van der Waals surface area contributed by atoms with Crippen molar-refractivity contribution in [3.8, 4) is 0 Å². The Kier molecular flexibility index (Phi) is 10.5. The van der Waals surface area contributed by atoms with Crippen molar-refractivity contribution >= 4 is 86.1 Å². The van der Waals surface area contributed by atoms with E-state index in [0.29, 0.717) is 6.42 Å². The van der Waals surface area contributed by atoms with Gasteiger partial charge in [0.2, 0.25) is 0 Å². The van der Waals surface area contributed by atoms with E-state index >= 15 is 0 Å². The first kappa shape index (κ1) is 23.7. The van der Waals surface area contributed by atoms with Gasteiger partial charge in [0.15, 0.2) is 0 Å². The maximum atomic E-state index is 12.2. The first-order valence-corrected chi connectivity index (χ1v) is 7.23. The number of halogens is 3. The van der Waals surface area contributed by atoms with Crippen LogP contribution in [0.3, 0.4) is 0 Å². The fraction of sp³-hybridized carbons (Fsp3) is 0.375. The van der Waals surface area contributed by atoms with Gasteiger partial charge in [0.05, 0.1) is 11.3 Å². The van der Waals surface area contributed by atoms with Crippen molar-refractivity contribution in [3.05, 3.63) is 29.6 Å². The number of hydrogen-bond acceptors (Lipinski definition) is 1. The third kappa shape index (κ3) is 7.73. The lowest BCUT2D eigenvalue weighted by molar-refractivity contribution is -0.138. The standard InChI is InChI=1S/C8H8F3N.B12/c1-2-7-6(8(9,10)11)4-3-5-12-7;1-8(2)11(7)12(9(3)4)10(5)6/h3-5H,2H2,1H3;. The number of nitrogens with zero attached hydrogens (tertiary/aromatic N) is 1. The van der Waals surface area contributed by atoms with E-state index in [4.69, 9.17) is 54.2 Å². The van der Waals surface area contributed by atoms with Crippen LogP contribution in [0, 0.1) is 0 Å². The zero-order chi connectivity index (χ0) is 19.1. The van der Waals surface area contributed by atoms with Gasteiger partial charge in [0, 0.05) is 92.3 Å². The van der Waals surface area contributed by atoms with Gasteiger partial charge in [-0.05, 0) is 18.6 Å². The molecule has 0 aliphatic carbocycles. The predicted molar refractivity (Wildman–Crippen MR) is 108 cm³/mol. The van der Waals surface area contributed by atoms with Crippen LogP contribution in [0.1, 0.15) is 18.2 Å². The summed E-state index contributed by atoms with van der Waals surface area (Å²) in [6.45, 7) is 1.65. The van der Waals surface area contributed by atoms with Crippen LogP contribution in [-0.4, -0.2) is 91.1 Å². The molecule has 24 heavy (non-hydrogen) atoms. The van der Waals surface area contributed by atoms with Gasteiger partial charge in [-0.25, -0.2) is 0 Å². The minimum absolute atomic E-state index is 0.102. The number of aromatic nitrogens is 1. The van der Waals surface area contributed by atoms with Crippen LogP contribution in [-0.2, 0) is 12.6 Å². The van der Waals surface area contributed by atoms with Crippen LogP contribution in [0.4, 0.5) is 13.2 Å². The lowest BCUT2D eigenvalue weighted by Crippen LogP contribution is -2.67. The number of hydrogen-bond donors (Lipinski definition) is 0. The second-order valence-electron chi connectivity index (χ2n) is 5.24. The normalized spacial score (nSPS) is 10.2. The second kappa shape index (κ2) is 10.7. The highest BCUT2D eigenvalue weighted by molar-refractivity contribution is 8.05. The summed E-state index contributed by atoms with van der Waals surface area (Å²) in [5.74, 6) is 0. The molecule has 0 unspecified atom stereocenters. The van der Waals surface area contributed by atoms with Crippen molar-refractivity contribution in [3.63, 3.8) is 0 Å². The van der Waals surface area contributed by atoms with Gasteiger partial charge >= 0.3 is 6.18 Å².